The molecule has 4 aromatic rings. The third kappa shape index (κ3) is 7.38. The standard InChI is InChI=1S/C21H19ClN4O4.C9H11F2N3O4/c1-29-19-10-17-13(9-14(19)20(23)27)18(6-7-24-17)30-12-4-5-16(15(22)8-12)26-21(28)25-11-2-3-11;10-9(11)6(16)4(3-15)18-7(9)14-2-1-5(12)13-8(14)17/h4-11H,2-3H2,1H3,(H2,23,27)(H2,25,26,28);1-2,4,6-7,15-16H,3H2,(H2,12,13,17)/t;4-,6-,7-/m.1/s1. The molecule has 2 aromatic carbocycles. The lowest BCUT2D eigenvalue weighted by molar-refractivity contribution is -0.140. The van der Waals surface area contributed by atoms with Gasteiger partial charge in [-0.1, -0.05) is 11.6 Å². The van der Waals surface area contributed by atoms with E-state index in [1.54, 1.807) is 42.6 Å². The molecule has 3 atom stereocenters. The van der Waals surface area contributed by atoms with E-state index >= 15 is 0 Å². The predicted molar refractivity (Wildman–Crippen MR) is 168 cm³/mol. The van der Waals surface area contributed by atoms with Crippen LogP contribution >= 0.6 is 11.6 Å². The molecule has 48 heavy (non-hydrogen) atoms. The number of ether oxygens (including phenoxy) is 3. The van der Waals surface area contributed by atoms with Gasteiger partial charge in [0.1, 0.15) is 29.2 Å². The van der Waals surface area contributed by atoms with Crippen molar-refractivity contribution in [3.05, 3.63) is 75.9 Å². The molecule has 3 heterocycles. The van der Waals surface area contributed by atoms with E-state index in [-0.39, 0.29) is 23.5 Å². The van der Waals surface area contributed by atoms with Crippen molar-refractivity contribution in [3.8, 4) is 17.2 Å². The van der Waals surface area contributed by atoms with Gasteiger partial charge in [-0.05, 0) is 43.2 Å². The number of aliphatic hydroxyl groups is 2. The fourth-order valence-electron chi connectivity index (χ4n) is 4.68. The van der Waals surface area contributed by atoms with Crippen molar-refractivity contribution in [2.45, 2.75) is 43.2 Å². The fraction of sp³-hybridized carbons (Fsp3) is 0.300. The summed E-state index contributed by atoms with van der Waals surface area (Å²) in [7, 11) is 1.45. The number of urea groups is 1. The number of hydrogen-bond donors (Lipinski definition) is 6. The molecule has 254 valence electrons. The number of methoxy groups -OCH3 is 1. The predicted octanol–water partition coefficient (Wildman–Crippen LogP) is 2.78. The second-order valence-corrected chi connectivity index (χ2v) is 11.1. The third-order valence-electron chi connectivity index (χ3n) is 7.28. The number of anilines is 2. The summed E-state index contributed by atoms with van der Waals surface area (Å²) < 4.78 is 43.9. The van der Waals surface area contributed by atoms with Crippen molar-refractivity contribution >= 4 is 45.9 Å². The highest BCUT2D eigenvalue weighted by Crippen LogP contribution is 2.42. The monoisotopic (exact) mass is 689 g/mol. The summed E-state index contributed by atoms with van der Waals surface area (Å²) in [6, 6.07) is 10.9. The molecule has 6 rings (SSSR count). The van der Waals surface area contributed by atoms with E-state index in [4.69, 9.17) is 42.4 Å². The molecule has 1 aliphatic carbocycles. The number of hydrogen-bond acceptors (Lipinski definition) is 11. The minimum absolute atomic E-state index is 0.114. The number of aromatic nitrogens is 3. The van der Waals surface area contributed by atoms with Crippen molar-refractivity contribution in [2.24, 2.45) is 5.73 Å². The zero-order chi connectivity index (χ0) is 34.7. The molecule has 15 nitrogen and oxygen atoms in total. The van der Waals surface area contributed by atoms with E-state index in [1.807, 2.05) is 0 Å². The summed E-state index contributed by atoms with van der Waals surface area (Å²) in [5.41, 5.74) is 10.9. The first-order chi connectivity index (χ1) is 22.8. The lowest BCUT2D eigenvalue weighted by Gasteiger charge is -2.20. The Bertz CT molecular complexity index is 1910. The molecule has 0 radical (unpaired) electrons. The van der Waals surface area contributed by atoms with Gasteiger partial charge in [0.25, 0.3) is 5.91 Å². The summed E-state index contributed by atoms with van der Waals surface area (Å²) in [4.78, 5) is 42.7. The first kappa shape index (κ1) is 34.2. The summed E-state index contributed by atoms with van der Waals surface area (Å²) in [6.45, 7) is -0.787. The number of aliphatic hydroxyl groups excluding tert-OH is 2. The van der Waals surface area contributed by atoms with E-state index in [0.29, 0.717) is 43.4 Å². The van der Waals surface area contributed by atoms with Crippen LogP contribution in [0.25, 0.3) is 10.9 Å². The fourth-order valence-corrected chi connectivity index (χ4v) is 4.90. The Labute approximate surface area is 275 Å². The number of nitrogens with zero attached hydrogens (tertiary/aromatic N) is 3. The molecule has 1 saturated heterocycles. The molecule has 2 fully saturated rings. The maximum absolute atomic E-state index is 13.7. The van der Waals surface area contributed by atoms with Crippen LogP contribution in [-0.4, -0.2) is 74.6 Å². The smallest absolute Gasteiger partial charge is 0.351 e. The lowest BCUT2D eigenvalue weighted by atomic mass is 10.1. The van der Waals surface area contributed by atoms with Crippen molar-refractivity contribution in [2.75, 3.05) is 24.8 Å². The van der Waals surface area contributed by atoms with Gasteiger partial charge in [0, 0.05) is 36.0 Å². The molecule has 2 aromatic heterocycles. The topological polar surface area (TPSA) is 226 Å². The SMILES string of the molecule is COc1cc2nccc(Oc3ccc(NC(=O)NC4CC4)c(Cl)c3)c2cc1C(N)=O.Nc1ccn([C@@H]2O[C@H](CO)[C@@H](O)C2(F)F)c(=O)n1. The van der Waals surface area contributed by atoms with E-state index < -0.39 is 42.6 Å². The van der Waals surface area contributed by atoms with E-state index in [0.717, 1.165) is 25.1 Å². The zero-order valence-electron chi connectivity index (χ0n) is 25.1. The first-order valence-electron chi connectivity index (χ1n) is 14.3. The van der Waals surface area contributed by atoms with Crippen molar-refractivity contribution in [3.63, 3.8) is 0 Å². The van der Waals surface area contributed by atoms with Crippen LogP contribution < -0.4 is 37.3 Å². The van der Waals surface area contributed by atoms with Gasteiger partial charge in [-0.2, -0.15) is 13.8 Å². The van der Waals surface area contributed by atoms with Crippen molar-refractivity contribution in [1.29, 1.82) is 0 Å². The molecule has 1 aliphatic heterocycles. The minimum atomic E-state index is -3.71. The zero-order valence-corrected chi connectivity index (χ0v) is 25.9. The number of fused-ring (bicyclic) bond motifs is 1. The van der Waals surface area contributed by atoms with Crippen LogP contribution in [0.1, 0.15) is 29.4 Å². The Kier molecular flexibility index (Phi) is 9.95. The van der Waals surface area contributed by atoms with Gasteiger partial charge < -0.3 is 46.5 Å². The highest BCUT2D eigenvalue weighted by Gasteiger charge is 2.59. The number of carbonyl (C=O) groups excluding carboxylic acids is 2. The highest BCUT2D eigenvalue weighted by atomic mass is 35.5. The number of amides is 3. The minimum Gasteiger partial charge on any atom is -0.496 e. The average Bonchev–Trinajstić information content (AvgIpc) is 3.83. The summed E-state index contributed by atoms with van der Waals surface area (Å²) >= 11 is 6.30. The van der Waals surface area contributed by atoms with Gasteiger partial charge in [-0.3, -0.25) is 14.3 Å². The van der Waals surface area contributed by atoms with Gasteiger partial charge in [-0.25, -0.2) is 9.59 Å². The molecule has 3 amide bonds. The van der Waals surface area contributed by atoms with Crippen LogP contribution in [0.4, 0.5) is 25.1 Å². The van der Waals surface area contributed by atoms with Gasteiger partial charge in [0.2, 0.25) is 6.23 Å². The Morgan fingerprint density at radius 1 is 1.19 bits per heavy atom. The number of alkyl halides is 2. The molecule has 8 N–H and O–H groups in total. The summed E-state index contributed by atoms with van der Waals surface area (Å²) in [6.07, 6.45) is -1.11. The average molecular weight is 690 g/mol. The Balaban J connectivity index is 0.000000214. The van der Waals surface area contributed by atoms with Gasteiger partial charge in [0.05, 0.1) is 35.5 Å². The summed E-state index contributed by atoms with van der Waals surface area (Å²) in [5, 5.41) is 24.6. The van der Waals surface area contributed by atoms with Crippen LogP contribution in [-0.2, 0) is 4.74 Å². The molecule has 0 spiro atoms. The van der Waals surface area contributed by atoms with Crippen LogP contribution in [0.2, 0.25) is 5.02 Å². The molecular weight excluding hydrogens is 660 g/mol. The molecule has 18 heteroatoms. The number of rotatable bonds is 8. The van der Waals surface area contributed by atoms with Crippen LogP contribution in [0.5, 0.6) is 17.2 Å². The van der Waals surface area contributed by atoms with Gasteiger partial charge >= 0.3 is 17.6 Å². The quantitative estimate of drug-likeness (QED) is 0.158. The maximum atomic E-state index is 13.7. The molecule has 0 unspecified atom stereocenters. The molecule has 1 saturated carbocycles. The third-order valence-corrected chi connectivity index (χ3v) is 7.59. The number of nitrogens with two attached hydrogens (primary N) is 2. The Morgan fingerprint density at radius 2 is 1.94 bits per heavy atom. The molecule has 2 aliphatic rings. The number of carbonyl (C=O) groups is 2. The largest absolute Gasteiger partial charge is 0.496 e. The first-order valence-corrected chi connectivity index (χ1v) is 14.7. The molecule has 0 bridgehead atoms. The Hall–Kier alpha value is -5.10. The van der Waals surface area contributed by atoms with Gasteiger partial charge in [0.15, 0.2) is 6.10 Å². The van der Waals surface area contributed by atoms with Crippen molar-refractivity contribution in [1.82, 2.24) is 19.9 Å². The van der Waals surface area contributed by atoms with E-state index in [1.165, 1.54) is 7.11 Å². The Morgan fingerprint density at radius 3 is 2.54 bits per heavy atom. The second kappa shape index (κ2) is 13.9. The van der Waals surface area contributed by atoms with E-state index in [2.05, 4.69) is 20.6 Å². The summed E-state index contributed by atoms with van der Waals surface area (Å²) in [5.74, 6) is -3.19. The lowest BCUT2D eigenvalue weighted by Crippen LogP contribution is -2.41. The van der Waals surface area contributed by atoms with E-state index in [9.17, 15) is 28.3 Å². The van der Waals surface area contributed by atoms with Gasteiger partial charge in [-0.15, -0.1) is 0 Å². The number of benzene rings is 2. The number of nitrogen functional groups attached to an aromatic ring is 1. The second-order valence-electron chi connectivity index (χ2n) is 10.7. The maximum Gasteiger partial charge on any atom is 0.351 e. The van der Waals surface area contributed by atoms with Crippen molar-refractivity contribution < 1.29 is 42.8 Å². The normalized spacial score (nSPS) is 19.6. The number of nitrogens with one attached hydrogen (secondary N) is 2. The van der Waals surface area contributed by atoms with Crippen LogP contribution in [0.15, 0.2) is 59.7 Å². The highest BCUT2D eigenvalue weighted by molar-refractivity contribution is 6.33. The molecular formula is C30H30ClF2N7O8. The number of halogens is 3. The number of primary amides is 1. The van der Waals surface area contributed by atoms with Crippen LogP contribution in [0, 0.1) is 0 Å². The van der Waals surface area contributed by atoms with Crippen LogP contribution in [0.3, 0.4) is 0 Å². The number of pyridine rings is 1.